The number of carbonyl (C=O) groups is 2. The van der Waals surface area contributed by atoms with Gasteiger partial charge in [-0.15, -0.1) is 0 Å². The molecule has 19 heavy (non-hydrogen) atoms. The van der Waals surface area contributed by atoms with E-state index in [1.54, 1.807) is 0 Å². The number of hydrogen-bond donors (Lipinski definition) is 3. The molecule has 0 aromatic heterocycles. The molecule has 3 unspecified atom stereocenters. The predicted octanol–water partition coefficient (Wildman–Crippen LogP) is 0.422. The molecular weight excluding hydrogens is 244 g/mol. The second-order valence-electron chi connectivity index (χ2n) is 5.22. The highest BCUT2D eigenvalue weighted by molar-refractivity contribution is 5.86. The Morgan fingerprint density at radius 3 is 2.74 bits per heavy atom. The quantitative estimate of drug-likeness (QED) is 0.676. The largest absolute Gasteiger partial charge is 0.352 e. The van der Waals surface area contributed by atoms with Crippen LogP contribution in [-0.2, 0) is 4.79 Å². The third kappa shape index (κ3) is 4.38. The number of nitrogens with zero attached hydrogens (tertiary/aromatic N) is 1. The molecule has 6 nitrogen and oxygen atoms in total. The Hall–Kier alpha value is -1.30. The zero-order valence-electron chi connectivity index (χ0n) is 12.1. The first-order valence-corrected chi connectivity index (χ1v) is 7.07. The average Bonchev–Trinajstić information content (AvgIpc) is 2.36. The van der Waals surface area contributed by atoms with Crippen molar-refractivity contribution in [2.75, 3.05) is 13.1 Å². The highest BCUT2D eigenvalue weighted by Gasteiger charge is 2.32. The van der Waals surface area contributed by atoms with E-state index in [2.05, 4.69) is 24.5 Å². The van der Waals surface area contributed by atoms with Crippen molar-refractivity contribution in [2.45, 2.75) is 58.2 Å². The summed E-state index contributed by atoms with van der Waals surface area (Å²) in [6.45, 7) is 7.60. The summed E-state index contributed by atoms with van der Waals surface area (Å²) >= 11 is 0. The number of primary amides is 1. The van der Waals surface area contributed by atoms with E-state index in [9.17, 15) is 9.59 Å². The number of amides is 3. The molecule has 0 aromatic carbocycles. The molecule has 1 heterocycles. The Labute approximate surface area is 115 Å². The summed E-state index contributed by atoms with van der Waals surface area (Å²) < 4.78 is 0. The standard InChI is InChI=1S/C13H26N4O2/c1-4-5-6-11(16-13(14)19)12(18)17-8-7-15-9(2)10(17)3/h9-11,15H,4-8H2,1-3H3,(H3,14,16,19). The highest BCUT2D eigenvalue weighted by atomic mass is 16.2. The molecule has 3 atom stereocenters. The first kappa shape index (κ1) is 15.8. The number of hydrogen-bond acceptors (Lipinski definition) is 3. The van der Waals surface area contributed by atoms with E-state index in [-0.39, 0.29) is 18.0 Å². The SMILES string of the molecule is CCCCC(NC(N)=O)C(=O)N1CCNC(C)C1C. The lowest BCUT2D eigenvalue weighted by Gasteiger charge is -2.40. The van der Waals surface area contributed by atoms with E-state index in [0.717, 1.165) is 19.4 Å². The fourth-order valence-electron chi connectivity index (χ4n) is 2.41. The van der Waals surface area contributed by atoms with Gasteiger partial charge in [-0.3, -0.25) is 4.79 Å². The lowest BCUT2D eigenvalue weighted by molar-refractivity contribution is -0.137. The molecule has 0 saturated carbocycles. The number of nitrogens with one attached hydrogen (secondary N) is 2. The number of nitrogens with two attached hydrogens (primary N) is 1. The molecular formula is C13H26N4O2. The minimum Gasteiger partial charge on any atom is -0.352 e. The molecule has 0 bridgehead atoms. The van der Waals surface area contributed by atoms with Crippen molar-refractivity contribution in [3.8, 4) is 0 Å². The molecule has 1 rings (SSSR count). The smallest absolute Gasteiger partial charge is 0.312 e. The summed E-state index contributed by atoms with van der Waals surface area (Å²) in [5.41, 5.74) is 5.16. The molecule has 0 aromatic rings. The highest BCUT2D eigenvalue weighted by Crippen LogP contribution is 2.13. The zero-order valence-corrected chi connectivity index (χ0v) is 12.1. The van der Waals surface area contributed by atoms with E-state index >= 15 is 0 Å². The summed E-state index contributed by atoms with van der Waals surface area (Å²) in [7, 11) is 0. The zero-order chi connectivity index (χ0) is 14.4. The van der Waals surface area contributed by atoms with Crippen LogP contribution in [0.1, 0.15) is 40.0 Å². The summed E-state index contributed by atoms with van der Waals surface area (Å²) in [5, 5.41) is 5.91. The second kappa shape index (κ2) is 7.33. The number of urea groups is 1. The van der Waals surface area contributed by atoms with Crippen molar-refractivity contribution in [2.24, 2.45) is 5.73 Å². The Kier molecular flexibility index (Phi) is 6.08. The van der Waals surface area contributed by atoms with Crippen molar-refractivity contribution in [3.05, 3.63) is 0 Å². The Balaban J connectivity index is 2.70. The maximum Gasteiger partial charge on any atom is 0.312 e. The first-order valence-electron chi connectivity index (χ1n) is 7.07. The van der Waals surface area contributed by atoms with Gasteiger partial charge < -0.3 is 21.3 Å². The van der Waals surface area contributed by atoms with E-state index in [4.69, 9.17) is 5.73 Å². The maximum absolute atomic E-state index is 12.5. The topological polar surface area (TPSA) is 87.5 Å². The number of unbranched alkanes of at least 4 members (excludes halogenated alkanes) is 1. The van der Waals surface area contributed by atoms with Gasteiger partial charge in [0.15, 0.2) is 0 Å². The van der Waals surface area contributed by atoms with Gasteiger partial charge in [0.05, 0.1) is 0 Å². The van der Waals surface area contributed by atoms with Crippen molar-refractivity contribution in [3.63, 3.8) is 0 Å². The summed E-state index contributed by atoms with van der Waals surface area (Å²) in [6.07, 6.45) is 2.52. The molecule has 110 valence electrons. The number of rotatable bonds is 5. The Morgan fingerprint density at radius 1 is 1.47 bits per heavy atom. The van der Waals surface area contributed by atoms with Gasteiger partial charge in [-0.25, -0.2) is 4.79 Å². The lowest BCUT2D eigenvalue weighted by Crippen LogP contribution is -2.61. The van der Waals surface area contributed by atoms with Crippen molar-refractivity contribution in [1.82, 2.24) is 15.5 Å². The first-order chi connectivity index (χ1) is 8.97. The minimum absolute atomic E-state index is 0.0203. The summed E-state index contributed by atoms with van der Waals surface area (Å²) in [6, 6.07) is -0.742. The van der Waals surface area contributed by atoms with Gasteiger partial charge in [0.2, 0.25) is 5.91 Å². The summed E-state index contributed by atoms with van der Waals surface area (Å²) in [4.78, 5) is 25.4. The molecule has 1 saturated heterocycles. The third-order valence-corrected chi connectivity index (χ3v) is 3.78. The predicted molar refractivity (Wildman–Crippen MR) is 74.7 cm³/mol. The molecule has 3 amide bonds. The molecule has 4 N–H and O–H groups in total. The monoisotopic (exact) mass is 270 g/mol. The van der Waals surface area contributed by atoms with Crippen LogP contribution in [0.5, 0.6) is 0 Å². The Morgan fingerprint density at radius 2 is 2.16 bits per heavy atom. The minimum atomic E-state index is -0.634. The maximum atomic E-state index is 12.5. The van der Waals surface area contributed by atoms with Crippen LogP contribution in [0.3, 0.4) is 0 Å². The number of carbonyl (C=O) groups excluding carboxylic acids is 2. The molecule has 0 radical (unpaired) electrons. The van der Waals surface area contributed by atoms with E-state index in [0.29, 0.717) is 13.0 Å². The van der Waals surface area contributed by atoms with Gasteiger partial charge in [0.1, 0.15) is 6.04 Å². The van der Waals surface area contributed by atoms with Crippen LogP contribution in [-0.4, -0.2) is 48.1 Å². The van der Waals surface area contributed by atoms with Crippen LogP contribution < -0.4 is 16.4 Å². The Bertz CT molecular complexity index is 322. The second-order valence-corrected chi connectivity index (χ2v) is 5.22. The molecule has 1 aliphatic rings. The average molecular weight is 270 g/mol. The lowest BCUT2D eigenvalue weighted by atomic mass is 10.0. The van der Waals surface area contributed by atoms with Crippen LogP contribution >= 0.6 is 0 Å². The van der Waals surface area contributed by atoms with Crippen LogP contribution in [0.2, 0.25) is 0 Å². The van der Waals surface area contributed by atoms with Gasteiger partial charge in [0.25, 0.3) is 0 Å². The molecule has 0 aliphatic carbocycles. The van der Waals surface area contributed by atoms with E-state index < -0.39 is 12.1 Å². The molecule has 1 aliphatic heterocycles. The van der Waals surface area contributed by atoms with Crippen LogP contribution in [0.4, 0.5) is 4.79 Å². The van der Waals surface area contributed by atoms with Gasteiger partial charge in [0, 0.05) is 25.2 Å². The van der Waals surface area contributed by atoms with Crippen molar-refractivity contribution in [1.29, 1.82) is 0 Å². The van der Waals surface area contributed by atoms with Gasteiger partial charge in [-0.2, -0.15) is 0 Å². The normalized spacial score (nSPS) is 24.9. The van der Waals surface area contributed by atoms with Crippen LogP contribution in [0.25, 0.3) is 0 Å². The van der Waals surface area contributed by atoms with E-state index in [1.807, 2.05) is 11.8 Å². The van der Waals surface area contributed by atoms with Gasteiger partial charge in [-0.05, 0) is 20.3 Å². The van der Waals surface area contributed by atoms with Crippen LogP contribution in [0, 0.1) is 0 Å². The molecule has 0 spiro atoms. The fraction of sp³-hybridized carbons (Fsp3) is 0.846. The molecule has 1 fully saturated rings. The number of piperazine rings is 1. The fourth-order valence-corrected chi connectivity index (χ4v) is 2.41. The van der Waals surface area contributed by atoms with Gasteiger partial charge in [-0.1, -0.05) is 19.8 Å². The van der Waals surface area contributed by atoms with Crippen molar-refractivity contribution < 1.29 is 9.59 Å². The molecule has 6 heteroatoms. The van der Waals surface area contributed by atoms with E-state index in [1.165, 1.54) is 0 Å². The third-order valence-electron chi connectivity index (χ3n) is 3.78. The van der Waals surface area contributed by atoms with Crippen LogP contribution in [0.15, 0.2) is 0 Å². The van der Waals surface area contributed by atoms with Gasteiger partial charge >= 0.3 is 6.03 Å². The van der Waals surface area contributed by atoms with Crippen molar-refractivity contribution >= 4 is 11.9 Å². The summed E-state index contributed by atoms with van der Waals surface area (Å²) in [5.74, 6) is -0.0203.